The predicted molar refractivity (Wildman–Crippen MR) is 60.4 cm³/mol. The molecule has 2 nitrogen and oxygen atoms in total. The van der Waals surface area contributed by atoms with Crippen molar-refractivity contribution < 1.29 is 0 Å². The van der Waals surface area contributed by atoms with Gasteiger partial charge >= 0.3 is 0 Å². The van der Waals surface area contributed by atoms with E-state index in [1.54, 1.807) is 0 Å². The van der Waals surface area contributed by atoms with Gasteiger partial charge < -0.3 is 5.32 Å². The molecule has 0 atom stereocenters. The first-order chi connectivity index (χ1) is 6.22. The van der Waals surface area contributed by atoms with Crippen molar-refractivity contribution in [2.75, 3.05) is 0 Å². The smallest absolute Gasteiger partial charge is 0.0991 e. The van der Waals surface area contributed by atoms with Gasteiger partial charge in [-0.25, -0.2) is 0 Å². The summed E-state index contributed by atoms with van der Waals surface area (Å²) in [4.78, 5) is 0. The topological polar surface area (TPSA) is 35.8 Å². The Hall–Kier alpha value is -1.04. The van der Waals surface area contributed by atoms with Crippen LogP contribution in [0.2, 0.25) is 0 Å². The minimum Gasteiger partial charge on any atom is -0.310 e. The summed E-state index contributed by atoms with van der Waals surface area (Å²) in [5.74, 6) is 0. The molecular formula is C11H15ClN2. The van der Waals surface area contributed by atoms with Crippen LogP contribution in [0.25, 0.3) is 0 Å². The Morgan fingerprint density at radius 3 is 2.29 bits per heavy atom. The Morgan fingerprint density at radius 2 is 1.86 bits per heavy atom. The molecule has 0 saturated heterocycles. The molecule has 0 aliphatic heterocycles. The van der Waals surface area contributed by atoms with E-state index in [0.29, 0.717) is 11.6 Å². The minimum atomic E-state index is 0. The molecule has 14 heavy (non-hydrogen) atoms. The maximum atomic E-state index is 8.58. The van der Waals surface area contributed by atoms with E-state index in [4.69, 9.17) is 5.26 Å². The van der Waals surface area contributed by atoms with Crippen molar-refractivity contribution in [3.8, 4) is 6.07 Å². The summed E-state index contributed by atoms with van der Waals surface area (Å²) in [5, 5.41) is 11.9. The van der Waals surface area contributed by atoms with E-state index in [2.05, 4.69) is 25.2 Å². The van der Waals surface area contributed by atoms with Gasteiger partial charge in [0.15, 0.2) is 0 Å². The van der Waals surface area contributed by atoms with Crippen molar-refractivity contribution >= 4 is 12.4 Å². The number of rotatable bonds is 3. The van der Waals surface area contributed by atoms with E-state index in [1.165, 1.54) is 5.56 Å². The van der Waals surface area contributed by atoms with E-state index in [9.17, 15) is 0 Å². The van der Waals surface area contributed by atoms with Crippen molar-refractivity contribution in [3.63, 3.8) is 0 Å². The first-order valence-corrected chi connectivity index (χ1v) is 4.45. The zero-order chi connectivity index (χ0) is 9.68. The van der Waals surface area contributed by atoms with Gasteiger partial charge in [0.25, 0.3) is 0 Å². The average Bonchev–Trinajstić information content (AvgIpc) is 2.15. The number of hydrogen-bond donors (Lipinski definition) is 1. The quantitative estimate of drug-likeness (QED) is 0.832. The molecule has 0 bridgehead atoms. The minimum absolute atomic E-state index is 0. The first-order valence-electron chi connectivity index (χ1n) is 4.45. The number of nitriles is 1. The third-order valence-electron chi connectivity index (χ3n) is 1.80. The van der Waals surface area contributed by atoms with Crippen molar-refractivity contribution in [1.29, 1.82) is 5.26 Å². The van der Waals surface area contributed by atoms with Crippen LogP contribution in [-0.4, -0.2) is 6.04 Å². The molecule has 1 rings (SSSR count). The number of benzene rings is 1. The van der Waals surface area contributed by atoms with Gasteiger partial charge in [0.2, 0.25) is 0 Å². The molecule has 76 valence electrons. The Balaban J connectivity index is 0.00000169. The third-order valence-corrected chi connectivity index (χ3v) is 1.80. The van der Waals surface area contributed by atoms with Crippen LogP contribution >= 0.6 is 12.4 Å². The molecule has 1 N–H and O–H groups in total. The largest absolute Gasteiger partial charge is 0.310 e. The fourth-order valence-corrected chi connectivity index (χ4v) is 1.02. The van der Waals surface area contributed by atoms with E-state index >= 15 is 0 Å². The van der Waals surface area contributed by atoms with Crippen LogP contribution in [0.3, 0.4) is 0 Å². The van der Waals surface area contributed by atoms with E-state index < -0.39 is 0 Å². The number of halogens is 1. The van der Waals surface area contributed by atoms with Gasteiger partial charge in [-0.2, -0.15) is 5.26 Å². The Kier molecular flexibility index (Phi) is 5.94. The normalized spacial score (nSPS) is 9.29. The SMILES string of the molecule is CC(C)NCc1ccc(C#N)cc1.Cl. The molecule has 0 radical (unpaired) electrons. The van der Waals surface area contributed by atoms with Gasteiger partial charge in [-0.3, -0.25) is 0 Å². The number of hydrogen-bond acceptors (Lipinski definition) is 2. The Bertz CT molecular complexity index is 298. The van der Waals surface area contributed by atoms with E-state index in [-0.39, 0.29) is 12.4 Å². The van der Waals surface area contributed by atoms with Crippen LogP contribution in [0.1, 0.15) is 25.0 Å². The molecule has 0 fully saturated rings. The lowest BCUT2D eigenvalue weighted by atomic mass is 10.1. The lowest BCUT2D eigenvalue weighted by Gasteiger charge is -2.07. The molecular weight excluding hydrogens is 196 g/mol. The summed E-state index contributed by atoms with van der Waals surface area (Å²) in [5.41, 5.74) is 1.93. The molecule has 0 aliphatic carbocycles. The predicted octanol–water partition coefficient (Wildman–Crippen LogP) is 2.48. The van der Waals surface area contributed by atoms with Crippen LogP contribution in [-0.2, 0) is 6.54 Å². The zero-order valence-corrected chi connectivity index (χ0v) is 9.27. The second-order valence-corrected chi connectivity index (χ2v) is 3.34. The summed E-state index contributed by atoms with van der Waals surface area (Å²) >= 11 is 0. The maximum absolute atomic E-state index is 8.58. The monoisotopic (exact) mass is 210 g/mol. The molecule has 0 aromatic heterocycles. The van der Waals surface area contributed by atoms with E-state index in [0.717, 1.165) is 6.54 Å². The van der Waals surface area contributed by atoms with E-state index in [1.807, 2.05) is 24.3 Å². The number of nitrogens with zero attached hydrogens (tertiary/aromatic N) is 1. The highest BCUT2D eigenvalue weighted by molar-refractivity contribution is 5.85. The lowest BCUT2D eigenvalue weighted by Crippen LogP contribution is -2.21. The van der Waals surface area contributed by atoms with Gasteiger partial charge in [-0.05, 0) is 17.7 Å². The van der Waals surface area contributed by atoms with Crippen LogP contribution in [0, 0.1) is 11.3 Å². The summed E-state index contributed by atoms with van der Waals surface area (Å²) in [6.07, 6.45) is 0. The highest BCUT2D eigenvalue weighted by atomic mass is 35.5. The standard InChI is InChI=1S/C11H14N2.ClH/c1-9(2)13-8-11-5-3-10(7-12)4-6-11;/h3-6,9,13H,8H2,1-2H3;1H. The zero-order valence-electron chi connectivity index (χ0n) is 8.45. The second kappa shape index (κ2) is 6.42. The molecule has 0 heterocycles. The second-order valence-electron chi connectivity index (χ2n) is 3.34. The Morgan fingerprint density at radius 1 is 1.29 bits per heavy atom. The fourth-order valence-electron chi connectivity index (χ4n) is 1.02. The van der Waals surface area contributed by atoms with Crippen molar-refractivity contribution in [1.82, 2.24) is 5.32 Å². The van der Waals surface area contributed by atoms with Crippen LogP contribution in [0.4, 0.5) is 0 Å². The molecule has 0 spiro atoms. The van der Waals surface area contributed by atoms with Gasteiger partial charge in [0.05, 0.1) is 11.6 Å². The lowest BCUT2D eigenvalue weighted by molar-refractivity contribution is 0.589. The molecule has 1 aromatic carbocycles. The van der Waals surface area contributed by atoms with Crippen LogP contribution in [0.15, 0.2) is 24.3 Å². The van der Waals surface area contributed by atoms with Crippen molar-refractivity contribution in [3.05, 3.63) is 35.4 Å². The molecule has 0 unspecified atom stereocenters. The summed E-state index contributed by atoms with van der Waals surface area (Å²) in [6, 6.07) is 10.2. The number of nitrogens with one attached hydrogen (secondary N) is 1. The molecule has 1 aromatic rings. The first kappa shape index (κ1) is 13.0. The molecule has 0 amide bonds. The fraction of sp³-hybridized carbons (Fsp3) is 0.364. The summed E-state index contributed by atoms with van der Waals surface area (Å²) in [6.45, 7) is 5.09. The van der Waals surface area contributed by atoms with Crippen LogP contribution in [0.5, 0.6) is 0 Å². The molecule has 3 heteroatoms. The van der Waals surface area contributed by atoms with Gasteiger partial charge in [0.1, 0.15) is 0 Å². The van der Waals surface area contributed by atoms with Crippen molar-refractivity contribution in [2.24, 2.45) is 0 Å². The third kappa shape index (κ3) is 4.27. The molecule has 0 saturated carbocycles. The van der Waals surface area contributed by atoms with Gasteiger partial charge in [0, 0.05) is 12.6 Å². The van der Waals surface area contributed by atoms with Crippen LogP contribution < -0.4 is 5.32 Å². The highest BCUT2D eigenvalue weighted by Crippen LogP contribution is 2.02. The highest BCUT2D eigenvalue weighted by Gasteiger charge is 1.95. The molecule has 0 aliphatic rings. The maximum Gasteiger partial charge on any atom is 0.0991 e. The van der Waals surface area contributed by atoms with Gasteiger partial charge in [-0.1, -0.05) is 26.0 Å². The average molecular weight is 211 g/mol. The van der Waals surface area contributed by atoms with Crippen molar-refractivity contribution in [2.45, 2.75) is 26.4 Å². The Labute approximate surface area is 91.4 Å². The summed E-state index contributed by atoms with van der Waals surface area (Å²) in [7, 11) is 0. The summed E-state index contributed by atoms with van der Waals surface area (Å²) < 4.78 is 0. The van der Waals surface area contributed by atoms with Gasteiger partial charge in [-0.15, -0.1) is 12.4 Å².